The van der Waals surface area contributed by atoms with Crippen molar-refractivity contribution in [2.24, 2.45) is 11.8 Å². The molecule has 0 saturated carbocycles. The monoisotopic (exact) mass is 809 g/mol. The highest BCUT2D eigenvalue weighted by Gasteiger charge is 2.45. The van der Waals surface area contributed by atoms with Gasteiger partial charge in [-0.15, -0.1) is 0 Å². The highest BCUT2D eigenvalue weighted by atomic mass is 28.4. The van der Waals surface area contributed by atoms with Crippen LogP contribution in [0.15, 0.2) is 91.1 Å². The molecule has 0 saturated heterocycles. The van der Waals surface area contributed by atoms with Crippen molar-refractivity contribution in [3.63, 3.8) is 0 Å². The van der Waals surface area contributed by atoms with Crippen LogP contribution in [0.25, 0.3) is 0 Å². The Balaban J connectivity index is 2.26. The number of carbonyl (C=O) groups excluding carboxylic acids is 1. The molecule has 4 atom stereocenters. The molecule has 0 spiro atoms. The van der Waals surface area contributed by atoms with E-state index in [4.69, 9.17) is 27.8 Å². The molecule has 0 aliphatic rings. The van der Waals surface area contributed by atoms with Gasteiger partial charge in [0.1, 0.15) is 18.5 Å². The first kappa shape index (κ1) is 49.3. The molecular weight excluding hydrogens is 733 g/mol. The van der Waals surface area contributed by atoms with Gasteiger partial charge in [0, 0.05) is 12.2 Å². The molecule has 2 rings (SSSR count). The van der Waals surface area contributed by atoms with Gasteiger partial charge in [0.15, 0.2) is 16.6 Å². The lowest BCUT2D eigenvalue weighted by Gasteiger charge is -2.43. The number of esters is 1. The number of benzene rings is 2. The zero-order valence-electron chi connectivity index (χ0n) is 37.4. The topological polar surface area (TPSA) is 72.5 Å². The van der Waals surface area contributed by atoms with Gasteiger partial charge in [-0.3, -0.25) is 0 Å². The van der Waals surface area contributed by atoms with Gasteiger partial charge < -0.3 is 27.8 Å². The van der Waals surface area contributed by atoms with Crippen LogP contribution in [0.1, 0.15) is 93.7 Å². The van der Waals surface area contributed by atoms with Gasteiger partial charge in [-0.05, 0) is 81.8 Å². The summed E-state index contributed by atoms with van der Waals surface area (Å²) in [5.74, 6) is 0.778. The maximum atomic E-state index is 13.6. The smallest absolute Gasteiger partial charge is 0.333 e. The van der Waals surface area contributed by atoms with Gasteiger partial charge in [0.05, 0.1) is 33.0 Å². The van der Waals surface area contributed by atoms with E-state index < -0.39 is 34.8 Å². The van der Waals surface area contributed by atoms with E-state index in [0.29, 0.717) is 55.0 Å². The lowest BCUT2D eigenvalue weighted by molar-refractivity contribution is -0.146. The van der Waals surface area contributed by atoms with Crippen molar-refractivity contribution < 1.29 is 32.6 Å². The predicted octanol–water partition coefficient (Wildman–Crippen LogP) is 12.3. The largest absolute Gasteiger partial charge is 0.497 e. The summed E-state index contributed by atoms with van der Waals surface area (Å²) < 4.78 is 37.8. The molecule has 56 heavy (non-hydrogen) atoms. The Kier molecular flexibility index (Phi) is 20.2. The van der Waals surface area contributed by atoms with Gasteiger partial charge in [-0.2, -0.15) is 0 Å². The Morgan fingerprint density at radius 2 is 1.36 bits per heavy atom. The van der Waals surface area contributed by atoms with Crippen LogP contribution in [0.3, 0.4) is 0 Å². The van der Waals surface area contributed by atoms with Crippen molar-refractivity contribution >= 4 is 22.6 Å². The fourth-order valence-corrected chi connectivity index (χ4v) is 13.8. The fourth-order valence-electron chi connectivity index (χ4n) is 6.95. The Bertz CT molecular complexity index is 1490. The number of rotatable bonds is 25. The van der Waals surface area contributed by atoms with Crippen LogP contribution in [-0.4, -0.2) is 61.7 Å². The second-order valence-corrected chi connectivity index (χ2v) is 28.2. The van der Waals surface area contributed by atoms with Crippen molar-refractivity contribution in [1.82, 2.24) is 0 Å². The minimum absolute atomic E-state index is 0.00699. The Morgan fingerprint density at radius 3 is 1.89 bits per heavy atom. The summed E-state index contributed by atoms with van der Waals surface area (Å²) in [7, 11) is -2.68. The van der Waals surface area contributed by atoms with Crippen LogP contribution in [0, 0.1) is 11.8 Å². The van der Waals surface area contributed by atoms with E-state index in [2.05, 4.69) is 102 Å². The summed E-state index contributed by atoms with van der Waals surface area (Å²) in [6.45, 7) is 39.5. The first-order chi connectivity index (χ1) is 26.1. The molecule has 0 amide bonds. The minimum atomic E-state index is -2.32. The molecule has 2 aromatic rings. The molecule has 0 unspecified atom stereocenters. The second-order valence-electron chi connectivity index (χ2n) is 18.0. The zero-order chi connectivity index (χ0) is 42.3. The van der Waals surface area contributed by atoms with Crippen molar-refractivity contribution in [1.29, 1.82) is 0 Å². The zero-order valence-corrected chi connectivity index (χ0v) is 39.4. The van der Waals surface area contributed by atoms with Gasteiger partial charge >= 0.3 is 5.97 Å². The molecule has 7 nitrogen and oxygen atoms in total. The van der Waals surface area contributed by atoms with Crippen LogP contribution >= 0.6 is 0 Å². The molecule has 0 N–H and O–H groups in total. The van der Waals surface area contributed by atoms with E-state index >= 15 is 0 Å². The molecule has 0 aliphatic carbocycles. The lowest BCUT2D eigenvalue weighted by atomic mass is 9.90. The average Bonchev–Trinajstić information content (AvgIpc) is 3.13. The van der Waals surface area contributed by atoms with Crippen molar-refractivity contribution in [2.45, 2.75) is 143 Å². The molecule has 314 valence electrons. The maximum Gasteiger partial charge on any atom is 0.333 e. The normalized spacial score (nSPS) is 14.9. The first-order valence-electron chi connectivity index (χ1n) is 20.5. The SMILES string of the molecule is C=C(/C=C/[C@@H](O[Si](C)(C)C(C)(C)C)[C@H](COC(=O)C(=C)C[C@@H](C)[C@H](C)CO[Si](C(C)C)(C(C)C)C(C)C)OCc1ccc(OC)cc1)COCc1ccccc1. The number of hydrogen-bond donors (Lipinski definition) is 0. The molecule has 0 aliphatic heterocycles. The summed E-state index contributed by atoms with van der Waals surface area (Å²) in [5.41, 5.74) is 4.85. The Hall–Kier alpha value is -2.80. The number of carbonyl (C=O) groups is 1. The quantitative estimate of drug-likeness (QED) is 0.0428. The second kappa shape index (κ2) is 23.0. The van der Waals surface area contributed by atoms with Crippen molar-refractivity contribution in [2.75, 3.05) is 26.9 Å². The highest BCUT2D eigenvalue weighted by Crippen LogP contribution is 2.43. The van der Waals surface area contributed by atoms with Crippen molar-refractivity contribution in [3.8, 4) is 5.75 Å². The molecule has 0 fully saturated rings. The summed E-state index contributed by atoms with van der Waals surface area (Å²) in [5, 5.41) is -0.0708. The maximum absolute atomic E-state index is 13.6. The standard InChI is InChI=1S/C47H76O7Si2/c1-34(2)56(35(3)4,36(5)6)53-30-40(10)38(8)28-39(9)46(48)52-33-45(51-32-42-23-25-43(49-14)26-24-42)44(54-55(15,16)47(11,12)13)27-22-37(7)29-50-31-41-20-18-17-19-21-41/h17-27,34-36,38,40,44-45H,7,9,28-33H2,1-6,8,10-16H3/b27-22+/t38-,40-,44-,45+/m1/s1. The van der Waals surface area contributed by atoms with Crippen LogP contribution in [-0.2, 0) is 41.1 Å². The predicted molar refractivity (Wildman–Crippen MR) is 238 cm³/mol. The highest BCUT2D eigenvalue weighted by molar-refractivity contribution is 6.77. The van der Waals surface area contributed by atoms with Crippen LogP contribution < -0.4 is 4.74 Å². The van der Waals surface area contributed by atoms with Gasteiger partial charge in [-0.1, -0.05) is 144 Å². The third-order valence-electron chi connectivity index (χ3n) is 11.7. The molecule has 0 bridgehead atoms. The fraction of sp³-hybridized carbons (Fsp3) is 0.596. The summed E-state index contributed by atoms with van der Waals surface area (Å²) in [4.78, 5) is 13.6. The van der Waals surface area contributed by atoms with Gasteiger partial charge in [0.2, 0.25) is 0 Å². The molecule has 0 heterocycles. The minimum Gasteiger partial charge on any atom is -0.497 e. The van der Waals surface area contributed by atoms with E-state index in [9.17, 15) is 4.79 Å². The van der Waals surface area contributed by atoms with E-state index in [-0.39, 0.29) is 23.5 Å². The lowest BCUT2D eigenvalue weighted by Crippen LogP contribution is -2.48. The number of methoxy groups -OCH3 is 1. The van der Waals surface area contributed by atoms with Crippen LogP contribution in [0.2, 0.25) is 34.8 Å². The van der Waals surface area contributed by atoms with Crippen LogP contribution in [0.4, 0.5) is 0 Å². The molecule has 0 aromatic heterocycles. The summed E-state index contributed by atoms with van der Waals surface area (Å²) >= 11 is 0. The molecule has 9 heteroatoms. The van der Waals surface area contributed by atoms with Gasteiger partial charge in [-0.25, -0.2) is 4.79 Å². The first-order valence-corrected chi connectivity index (χ1v) is 25.6. The molecule has 0 radical (unpaired) electrons. The van der Waals surface area contributed by atoms with E-state index in [1.165, 1.54) is 0 Å². The third-order valence-corrected chi connectivity index (χ3v) is 22.2. The number of hydrogen-bond acceptors (Lipinski definition) is 7. The Morgan fingerprint density at radius 1 is 0.786 bits per heavy atom. The molecular formula is C47H76O7Si2. The van der Waals surface area contributed by atoms with E-state index in [1.54, 1.807) is 7.11 Å². The van der Waals surface area contributed by atoms with E-state index in [1.807, 2.05) is 66.7 Å². The number of ether oxygens (including phenoxy) is 4. The van der Waals surface area contributed by atoms with E-state index in [0.717, 1.165) is 22.4 Å². The Labute approximate surface area is 343 Å². The average molecular weight is 809 g/mol. The molecule has 2 aromatic carbocycles. The van der Waals surface area contributed by atoms with Crippen LogP contribution in [0.5, 0.6) is 5.75 Å². The summed E-state index contributed by atoms with van der Waals surface area (Å²) in [6.07, 6.45) is 3.31. The van der Waals surface area contributed by atoms with Crippen molar-refractivity contribution in [3.05, 3.63) is 102 Å². The third kappa shape index (κ3) is 15.2. The van der Waals surface area contributed by atoms with Gasteiger partial charge in [0.25, 0.3) is 0 Å². The summed E-state index contributed by atoms with van der Waals surface area (Å²) in [6, 6.07) is 17.8.